The summed E-state index contributed by atoms with van der Waals surface area (Å²) in [5.74, 6) is 1.31. The second kappa shape index (κ2) is 7.71. The summed E-state index contributed by atoms with van der Waals surface area (Å²) in [6.07, 6.45) is 0. The van der Waals surface area contributed by atoms with Crippen LogP contribution in [0.1, 0.15) is 17.0 Å². The molecule has 0 saturated carbocycles. The van der Waals surface area contributed by atoms with Gasteiger partial charge in [0.05, 0.1) is 26.2 Å². The van der Waals surface area contributed by atoms with E-state index in [9.17, 15) is 0 Å². The van der Waals surface area contributed by atoms with Crippen LogP contribution in [0, 0.1) is 13.8 Å². The number of para-hydroxylation sites is 1. The predicted octanol–water partition coefficient (Wildman–Crippen LogP) is 2.91. The second-order valence-corrected chi connectivity index (χ2v) is 7.61. The number of hydrogen-bond acceptors (Lipinski definition) is 4. The molecule has 5 nitrogen and oxygen atoms in total. The van der Waals surface area contributed by atoms with Crippen LogP contribution in [-0.2, 0) is 6.54 Å². The zero-order chi connectivity index (χ0) is 18.8. The third-order valence-corrected chi connectivity index (χ3v) is 5.45. The zero-order valence-electron chi connectivity index (χ0n) is 15.7. The van der Waals surface area contributed by atoms with Gasteiger partial charge in [-0.05, 0) is 49.2 Å². The average Bonchev–Trinajstić information content (AvgIpc) is 3.12. The molecule has 0 radical (unpaired) electrons. The topological polar surface area (TPSA) is 46.6 Å². The highest BCUT2D eigenvalue weighted by Crippen LogP contribution is 2.24. The summed E-state index contributed by atoms with van der Waals surface area (Å²) in [4.78, 5) is 8.53. The van der Waals surface area contributed by atoms with E-state index in [1.165, 1.54) is 21.7 Å². The largest absolute Gasteiger partial charge is 0.360 e. The third-order valence-electron chi connectivity index (χ3n) is 5.20. The lowest BCUT2D eigenvalue weighted by atomic mass is 10.1. The van der Waals surface area contributed by atoms with Crippen LogP contribution in [0.2, 0.25) is 5.02 Å². The highest BCUT2D eigenvalue weighted by molar-refractivity contribution is 6.30. The lowest BCUT2D eigenvalue weighted by Crippen LogP contribution is -3.13. The van der Waals surface area contributed by atoms with Gasteiger partial charge in [0.1, 0.15) is 0 Å². The van der Waals surface area contributed by atoms with Crippen molar-refractivity contribution in [3.63, 3.8) is 0 Å². The van der Waals surface area contributed by atoms with E-state index in [4.69, 9.17) is 16.1 Å². The molecular weight excluding hydrogens is 360 g/mol. The number of aryl methyl sites for hydroxylation is 2. The van der Waals surface area contributed by atoms with E-state index in [2.05, 4.69) is 47.1 Å². The van der Waals surface area contributed by atoms with Gasteiger partial charge in [0.2, 0.25) is 5.82 Å². The van der Waals surface area contributed by atoms with Crippen molar-refractivity contribution in [3.8, 4) is 11.4 Å². The molecule has 1 aliphatic rings. The summed E-state index contributed by atoms with van der Waals surface area (Å²) < 4.78 is 5.47. The third kappa shape index (κ3) is 3.99. The van der Waals surface area contributed by atoms with E-state index < -0.39 is 0 Å². The number of anilines is 1. The monoisotopic (exact) mass is 383 g/mol. The van der Waals surface area contributed by atoms with Crippen molar-refractivity contribution in [2.45, 2.75) is 20.4 Å². The lowest BCUT2D eigenvalue weighted by molar-refractivity contribution is -0.915. The first-order chi connectivity index (χ1) is 13.1. The minimum absolute atomic E-state index is 0.621. The zero-order valence-corrected chi connectivity index (χ0v) is 16.5. The minimum atomic E-state index is 0.621. The Kier molecular flexibility index (Phi) is 5.14. The Morgan fingerprint density at radius 2 is 1.70 bits per heavy atom. The van der Waals surface area contributed by atoms with Gasteiger partial charge in [-0.2, -0.15) is 4.98 Å². The molecule has 140 valence electrons. The minimum Gasteiger partial charge on any atom is -0.360 e. The highest BCUT2D eigenvalue weighted by Gasteiger charge is 2.24. The summed E-state index contributed by atoms with van der Waals surface area (Å²) in [7, 11) is 0. The number of hydrogen-bond donors (Lipinski definition) is 1. The van der Waals surface area contributed by atoms with Crippen LogP contribution >= 0.6 is 11.6 Å². The molecule has 1 saturated heterocycles. The van der Waals surface area contributed by atoms with Gasteiger partial charge < -0.3 is 14.3 Å². The Bertz CT molecular complexity index is 894. The fourth-order valence-electron chi connectivity index (χ4n) is 3.78. The number of quaternary nitrogens is 1. The summed E-state index contributed by atoms with van der Waals surface area (Å²) in [6.45, 7) is 9.36. The quantitative estimate of drug-likeness (QED) is 0.752. The van der Waals surface area contributed by atoms with Crippen molar-refractivity contribution in [2.24, 2.45) is 0 Å². The highest BCUT2D eigenvalue weighted by atomic mass is 35.5. The average molecular weight is 384 g/mol. The molecule has 2 aromatic carbocycles. The molecule has 4 rings (SSSR count). The van der Waals surface area contributed by atoms with Crippen LogP contribution in [0.3, 0.4) is 0 Å². The fourth-order valence-corrected chi connectivity index (χ4v) is 3.91. The molecule has 3 aromatic rings. The first-order valence-corrected chi connectivity index (χ1v) is 9.71. The molecule has 0 aliphatic carbocycles. The molecule has 0 amide bonds. The molecule has 0 bridgehead atoms. The molecule has 1 fully saturated rings. The van der Waals surface area contributed by atoms with Crippen LogP contribution in [0.15, 0.2) is 47.0 Å². The van der Waals surface area contributed by atoms with Gasteiger partial charge in [0.15, 0.2) is 6.54 Å². The Labute approximate surface area is 164 Å². The van der Waals surface area contributed by atoms with E-state index >= 15 is 0 Å². The number of benzene rings is 2. The van der Waals surface area contributed by atoms with Gasteiger partial charge in [-0.3, -0.25) is 0 Å². The number of rotatable bonds is 4. The standard InChI is InChI=1S/C21H23ClN4O/c1-15-4-3-5-16(2)20(15)26-12-10-25(11-13-26)14-19-23-21(24-27-19)17-6-8-18(22)9-7-17/h3-9H,10-14H2,1-2H3/p+1. The van der Waals surface area contributed by atoms with E-state index in [1.807, 2.05) is 24.3 Å². The number of piperazine rings is 1. The van der Waals surface area contributed by atoms with Crippen molar-refractivity contribution in [3.05, 3.63) is 64.5 Å². The summed E-state index contributed by atoms with van der Waals surface area (Å²) in [5, 5.41) is 4.82. The maximum atomic E-state index is 5.94. The molecular formula is C21H24ClN4O+. The van der Waals surface area contributed by atoms with Crippen LogP contribution in [0.25, 0.3) is 11.4 Å². The van der Waals surface area contributed by atoms with Crippen molar-refractivity contribution < 1.29 is 9.42 Å². The molecule has 2 heterocycles. The second-order valence-electron chi connectivity index (χ2n) is 7.17. The van der Waals surface area contributed by atoms with Crippen LogP contribution in [0.5, 0.6) is 0 Å². The van der Waals surface area contributed by atoms with E-state index in [0.29, 0.717) is 16.7 Å². The van der Waals surface area contributed by atoms with E-state index in [1.54, 1.807) is 0 Å². The van der Waals surface area contributed by atoms with Crippen molar-refractivity contribution in [1.29, 1.82) is 0 Å². The Balaban J connectivity index is 1.38. The first-order valence-electron chi connectivity index (χ1n) is 9.33. The van der Waals surface area contributed by atoms with Gasteiger partial charge >= 0.3 is 0 Å². The molecule has 27 heavy (non-hydrogen) atoms. The molecule has 1 aliphatic heterocycles. The number of nitrogens with zero attached hydrogens (tertiary/aromatic N) is 3. The molecule has 1 N–H and O–H groups in total. The molecule has 0 atom stereocenters. The number of halogens is 1. The first kappa shape index (κ1) is 18.0. The fraction of sp³-hybridized carbons (Fsp3) is 0.333. The van der Waals surface area contributed by atoms with Gasteiger partial charge in [0.25, 0.3) is 5.89 Å². The normalized spacial score (nSPS) is 15.3. The Hall–Kier alpha value is -2.37. The maximum Gasteiger partial charge on any atom is 0.282 e. The molecule has 1 aromatic heterocycles. The lowest BCUT2D eigenvalue weighted by Gasteiger charge is -2.34. The van der Waals surface area contributed by atoms with Gasteiger partial charge in [-0.25, -0.2) is 0 Å². The van der Waals surface area contributed by atoms with Crippen molar-refractivity contribution >= 4 is 17.3 Å². The van der Waals surface area contributed by atoms with E-state index in [0.717, 1.165) is 38.3 Å². The molecule has 0 spiro atoms. The van der Waals surface area contributed by atoms with Crippen LogP contribution < -0.4 is 9.80 Å². The Morgan fingerprint density at radius 1 is 1.04 bits per heavy atom. The van der Waals surface area contributed by atoms with Gasteiger partial charge in [0, 0.05) is 16.3 Å². The van der Waals surface area contributed by atoms with Gasteiger partial charge in [-0.15, -0.1) is 0 Å². The van der Waals surface area contributed by atoms with Gasteiger partial charge in [-0.1, -0.05) is 35.0 Å². The Morgan fingerprint density at radius 3 is 2.37 bits per heavy atom. The van der Waals surface area contributed by atoms with E-state index in [-0.39, 0.29) is 0 Å². The molecule has 6 heteroatoms. The predicted molar refractivity (Wildman–Crippen MR) is 107 cm³/mol. The summed E-state index contributed by atoms with van der Waals surface area (Å²) >= 11 is 5.94. The maximum absolute atomic E-state index is 5.94. The molecule has 0 unspecified atom stereocenters. The smallest absolute Gasteiger partial charge is 0.282 e. The number of nitrogens with one attached hydrogen (secondary N) is 1. The number of aromatic nitrogens is 2. The SMILES string of the molecule is Cc1cccc(C)c1N1CC[NH+](Cc2nc(-c3ccc(Cl)cc3)no2)CC1. The van der Waals surface area contributed by atoms with Crippen molar-refractivity contribution in [1.82, 2.24) is 10.1 Å². The van der Waals surface area contributed by atoms with Crippen LogP contribution in [-0.4, -0.2) is 36.3 Å². The van der Waals surface area contributed by atoms with Crippen LogP contribution in [0.4, 0.5) is 5.69 Å². The van der Waals surface area contributed by atoms with Crippen molar-refractivity contribution in [2.75, 3.05) is 31.1 Å². The summed E-state index contributed by atoms with van der Waals surface area (Å²) in [5.41, 5.74) is 5.01. The summed E-state index contributed by atoms with van der Waals surface area (Å²) in [6, 6.07) is 14.0.